The van der Waals surface area contributed by atoms with Crippen LogP contribution in [0.2, 0.25) is 0 Å². The highest BCUT2D eigenvalue weighted by Gasteiger charge is 2.27. The lowest BCUT2D eigenvalue weighted by Crippen LogP contribution is -2.28. The van der Waals surface area contributed by atoms with E-state index in [2.05, 4.69) is 24.0 Å². The minimum absolute atomic E-state index is 0.00882. The molecule has 104 valence electrons. The van der Waals surface area contributed by atoms with Gasteiger partial charge in [-0.15, -0.1) is 0 Å². The zero-order chi connectivity index (χ0) is 13.7. The maximum Gasteiger partial charge on any atom is 0.231 e. The Bertz CT molecular complexity index is 342. The molecule has 0 bridgehead atoms. The van der Waals surface area contributed by atoms with E-state index in [-0.39, 0.29) is 18.1 Å². The highest BCUT2D eigenvalue weighted by atomic mass is 16.5. The molecule has 18 heavy (non-hydrogen) atoms. The predicted octanol–water partition coefficient (Wildman–Crippen LogP) is 2.64. The van der Waals surface area contributed by atoms with Crippen molar-refractivity contribution in [1.29, 1.82) is 0 Å². The molecule has 3 atom stereocenters. The fourth-order valence-corrected chi connectivity index (χ4v) is 2.21. The highest BCUT2D eigenvalue weighted by Crippen LogP contribution is 2.27. The normalized spacial score (nSPS) is 16.8. The summed E-state index contributed by atoms with van der Waals surface area (Å²) < 4.78 is 10.9. The number of hydrogen-bond acceptors (Lipinski definition) is 5. The molecule has 2 N–H and O–H groups in total. The molecule has 0 saturated heterocycles. The second-order valence-electron chi connectivity index (χ2n) is 4.97. The topological polar surface area (TPSA) is 74.2 Å². The summed E-state index contributed by atoms with van der Waals surface area (Å²) in [5.41, 5.74) is 5.99. The van der Waals surface area contributed by atoms with E-state index in [0.29, 0.717) is 24.2 Å². The summed E-state index contributed by atoms with van der Waals surface area (Å²) in [4.78, 5) is 4.46. The Labute approximate surface area is 109 Å². The van der Waals surface area contributed by atoms with E-state index < -0.39 is 0 Å². The summed E-state index contributed by atoms with van der Waals surface area (Å²) in [6.45, 7) is 10.8. The van der Waals surface area contributed by atoms with Crippen LogP contribution >= 0.6 is 0 Å². The van der Waals surface area contributed by atoms with E-state index >= 15 is 0 Å². The number of ether oxygens (including phenoxy) is 1. The van der Waals surface area contributed by atoms with Crippen molar-refractivity contribution in [3.63, 3.8) is 0 Å². The molecule has 5 heteroatoms. The average molecular weight is 255 g/mol. The lowest BCUT2D eigenvalue weighted by Gasteiger charge is -2.20. The lowest BCUT2D eigenvalue weighted by molar-refractivity contribution is 0.0518. The van der Waals surface area contributed by atoms with Crippen LogP contribution in [-0.4, -0.2) is 22.8 Å². The molecule has 0 aliphatic carbocycles. The van der Waals surface area contributed by atoms with Crippen LogP contribution in [0.3, 0.4) is 0 Å². The smallest absolute Gasteiger partial charge is 0.231 e. The first kappa shape index (κ1) is 15.1. The quantitative estimate of drug-likeness (QED) is 0.810. The Morgan fingerprint density at radius 2 is 1.94 bits per heavy atom. The summed E-state index contributed by atoms with van der Waals surface area (Å²) in [5.74, 6) is 1.70. The van der Waals surface area contributed by atoms with Crippen LogP contribution in [0.5, 0.6) is 0 Å². The monoisotopic (exact) mass is 255 g/mol. The molecule has 1 aromatic rings. The van der Waals surface area contributed by atoms with Crippen molar-refractivity contribution >= 4 is 0 Å². The Balaban J connectivity index is 2.89. The first-order chi connectivity index (χ1) is 8.51. The van der Waals surface area contributed by atoms with Crippen LogP contribution in [0, 0.1) is 5.92 Å². The van der Waals surface area contributed by atoms with Gasteiger partial charge in [0.25, 0.3) is 0 Å². The lowest BCUT2D eigenvalue weighted by atomic mass is 9.90. The third kappa shape index (κ3) is 3.53. The molecule has 0 aliphatic rings. The molecule has 0 aliphatic heterocycles. The third-order valence-corrected chi connectivity index (χ3v) is 3.05. The van der Waals surface area contributed by atoms with Gasteiger partial charge in [0.15, 0.2) is 0 Å². The van der Waals surface area contributed by atoms with Gasteiger partial charge in [-0.2, -0.15) is 4.98 Å². The SMILES string of the molecule is CCOC(CC)c1noc(C(C(C)C)C(C)N)n1. The van der Waals surface area contributed by atoms with E-state index in [9.17, 15) is 0 Å². The van der Waals surface area contributed by atoms with E-state index in [1.54, 1.807) is 0 Å². The van der Waals surface area contributed by atoms with E-state index in [1.807, 2.05) is 20.8 Å². The van der Waals surface area contributed by atoms with Crippen molar-refractivity contribution in [1.82, 2.24) is 10.1 Å². The van der Waals surface area contributed by atoms with Gasteiger partial charge < -0.3 is 15.0 Å². The first-order valence-electron chi connectivity index (χ1n) is 6.71. The standard InChI is InChI=1S/C13H25N3O2/c1-6-10(17-7-2)12-15-13(18-16-12)11(8(3)4)9(5)14/h8-11H,6-7,14H2,1-5H3. The molecule has 1 rings (SSSR count). The van der Waals surface area contributed by atoms with Gasteiger partial charge in [0.1, 0.15) is 6.10 Å². The second-order valence-corrected chi connectivity index (χ2v) is 4.97. The molecule has 0 saturated carbocycles. The largest absolute Gasteiger partial charge is 0.370 e. The van der Waals surface area contributed by atoms with Gasteiger partial charge in [0.05, 0.1) is 5.92 Å². The van der Waals surface area contributed by atoms with Crippen molar-refractivity contribution < 1.29 is 9.26 Å². The maximum absolute atomic E-state index is 5.99. The summed E-state index contributed by atoms with van der Waals surface area (Å²) in [5, 5.41) is 4.03. The fraction of sp³-hybridized carbons (Fsp3) is 0.846. The summed E-state index contributed by atoms with van der Waals surface area (Å²) in [7, 11) is 0. The van der Waals surface area contributed by atoms with Crippen LogP contribution in [0.15, 0.2) is 4.52 Å². The van der Waals surface area contributed by atoms with Crippen molar-refractivity contribution in [2.45, 2.75) is 59.1 Å². The Morgan fingerprint density at radius 1 is 1.28 bits per heavy atom. The molecule has 1 aromatic heterocycles. The zero-order valence-corrected chi connectivity index (χ0v) is 12.0. The van der Waals surface area contributed by atoms with Gasteiger partial charge in [-0.1, -0.05) is 25.9 Å². The Hall–Kier alpha value is -0.940. The minimum atomic E-state index is -0.0895. The van der Waals surface area contributed by atoms with Gasteiger partial charge in [-0.25, -0.2) is 0 Å². The van der Waals surface area contributed by atoms with Crippen LogP contribution in [0.1, 0.15) is 64.8 Å². The van der Waals surface area contributed by atoms with Crippen LogP contribution in [0.4, 0.5) is 0 Å². The molecular formula is C13H25N3O2. The van der Waals surface area contributed by atoms with Crippen molar-refractivity contribution in [2.24, 2.45) is 11.7 Å². The molecule has 0 amide bonds. The van der Waals surface area contributed by atoms with Crippen LogP contribution in [-0.2, 0) is 4.74 Å². The number of nitrogens with zero attached hydrogens (tertiary/aromatic N) is 2. The van der Waals surface area contributed by atoms with Gasteiger partial charge in [0, 0.05) is 12.6 Å². The highest BCUT2D eigenvalue weighted by molar-refractivity contribution is 5.01. The number of nitrogens with two attached hydrogens (primary N) is 1. The molecule has 0 aromatic carbocycles. The molecule has 0 spiro atoms. The number of rotatable bonds is 7. The Kier molecular flexibility index (Phi) is 5.75. The van der Waals surface area contributed by atoms with Gasteiger partial charge in [0.2, 0.25) is 11.7 Å². The maximum atomic E-state index is 5.99. The first-order valence-corrected chi connectivity index (χ1v) is 6.71. The van der Waals surface area contributed by atoms with E-state index in [1.165, 1.54) is 0 Å². The zero-order valence-electron chi connectivity index (χ0n) is 12.0. The van der Waals surface area contributed by atoms with Gasteiger partial charge in [-0.3, -0.25) is 0 Å². The molecule has 1 heterocycles. The van der Waals surface area contributed by atoms with Crippen molar-refractivity contribution in [3.05, 3.63) is 11.7 Å². The summed E-state index contributed by atoms with van der Waals surface area (Å²) in [6.07, 6.45) is 0.741. The van der Waals surface area contributed by atoms with Crippen molar-refractivity contribution in [3.8, 4) is 0 Å². The van der Waals surface area contributed by atoms with E-state index in [0.717, 1.165) is 6.42 Å². The van der Waals surface area contributed by atoms with Crippen LogP contribution < -0.4 is 5.73 Å². The minimum Gasteiger partial charge on any atom is -0.370 e. The summed E-state index contributed by atoms with van der Waals surface area (Å²) >= 11 is 0. The number of hydrogen-bond donors (Lipinski definition) is 1. The second kappa shape index (κ2) is 6.85. The third-order valence-electron chi connectivity index (χ3n) is 3.05. The van der Waals surface area contributed by atoms with Crippen molar-refractivity contribution in [2.75, 3.05) is 6.61 Å². The van der Waals surface area contributed by atoms with Gasteiger partial charge >= 0.3 is 0 Å². The molecule has 3 unspecified atom stereocenters. The molecule has 0 radical (unpaired) electrons. The predicted molar refractivity (Wildman–Crippen MR) is 70.2 cm³/mol. The molecule has 5 nitrogen and oxygen atoms in total. The summed E-state index contributed by atoms with van der Waals surface area (Å²) in [6, 6.07) is -0.00882. The molecular weight excluding hydrogens is 230 g/mol. The number of aromatic nitrogens is 2. The van der Waals surface area contributed by atoms with E-state index in [4.69, 9.17) is 15.0 Å². The fourth-order valence-electron chi connectivity index (χ4n) is 2.21. The Morgan fingerprint density at radius 3 is 2.39 bits per heavy atom. The van der Waals surface area contributed by atoms with Crippen LogP contribution in [0.25, 0.3) is 0 Å². The van der Waals surface area contributed by atoms with Gasteiger partial charge in [-0.05, 0) is 26.2 Å². The average Bonchev–Trinajstić information content (AvgIpc) is 2.73. The molecule has 0 fully saturated rings.